The van der Waals surface area contributed by atoms with Crippen molar-refractivity contribution in [2.75, 3.05) is 5.75 Å². The molecule has 0 spiro atoms. The second kappa shape index (κ2) is 12.0. The summed E-state index contributed by atoms with van der Waals surface area (Å²) in [5.74, 6) is 0.448. The minimum absolute atomic E-state index is 0.0388. The molecule has 0 unspecified atom stereocenters. The van der Waals surface area contributed by atoms with Crippen molar-refractivity contribution >= 4 is 17.7 Å². The molecule has 0 bridgehead atoms. The van der Waals surface area contributed by atoms with Gasteiger partial charge in [-0.3, -0.25) is 4.79 Å². The molecule has 0 aliphatic carbocycles. The minimum Gasteiger partial charge on any atom is -0.460 e. The van der Waals surface area contributed by atoms with Crippen LogP contribution >= 0.6 is 11.8 Å². The summed E-state index contributed by atoms with van der Waals surface area (Å²) in [5, 5.41) is 10.2. The number of hydrogen-bond donors (Lipinski definition) is 1. The van der Waals surface area contributed by atoms with Crippen LogP contribution in [0.15, 0.2) is 103 Å². The van der Waals surface area contributed by atoms with Gasteiger partial charge in [0, 0.05) is 0 Å². The SMILES string of the molecule is CC(C)(C)OC(=O)C[C@@H](O)C=CCCSC(c1ccccc1)(c1ccccc1)c1ccccc1. The van der Waals surface area contributed by atoms with Crippen LogP contribution in [-0.2, 0) is 14.3 Å². The van der Waals surface area contributed by atoms with Gasteiger partial charge in [0.25, 0.3) is 0 Å². The molecule has 4 heteroatoms. The quantitative estimate of drug-likeness (QED) is 0.153. The smallest absolute Gasteiger partial charge is 0.309 e. The normalized spacial score (nSPS) is 13.1. The number of allylic oxidation sites excluding steroid dienone is 1. The first-order valence-electron chi connectivity index (χ1n) is 11.7. The third-order valence-corrected chi connectivity index (χ3v) is 6.88. The van der Waals surface area contributed by atoms with Crippen molar-refractivity contribution in [3.63, 3.8) is 0 Å². The molecule has 0 saturated heterocycles. The number of aliphatic hydroxyl groups excluding tert-OH is 1. The average molecular weight is 475 g/mol. The lowest BCUT2D eigenvalue weighted by Gasteiger charge is -2.35. The average Bonchev–Trinajstić information content (AvgIpc) is 2.82. The molecule has 0 aromatic heterocycles. The van der Waals surface area contributed by atoms with Gasteiger partial charge in [0.15, 0.2) is 0 Å². The Balaban J connectivity index is 1.77. The van der Waals surface area contributed by atoms with Crippen molar-refractivity contribution in [2.24, 2.45) is 0 Å². The van der Waals surface area contributed by atoms with Crippen molar-refractivity contribution in [1.82, 2.24) is 0 Å². The highest BCUT2D eigenvalue weighted by atomic mass is 32.2. The fourth-order valence-electron chi connectivity index (χ4n) is 3.92. The van der Waals surface area contributed by atoms with Gasteiger partial charge in [-0.05, 0) is 49.6 Å². The van der Waals surface area contributed by atoms with E-state index in [-0.39, 0.29) is 11.2 Å². The molecule has 178 valence electrons. The molecule has 3 nitrogen and oxygen atoms in total. The maximum atomic E-state index is 11.9. The number of aliphatic hydroxyl groups is 1. The lowest BCUT2D eigenvalue weighted by Crippen LogP contribution is -2.26. The largest absolute Gasteiger partial charge is 0.460 e. The van der Waals surface area contributed by atoms with Gasteiger partial charge in [0.2, 0.25) is 0 Å². The molecule has 0 saturated carbocycles. The van der Waals surface area contributed by atoms with Crippen LogP contribution in [0, 0.1) is 0 Å². The van der Waals surface area contributed by atoms with Crippen molar-refractivity contribution < 1.29 is 14.6 Å². The van der Waals surface area contributed by atoms with E-state index in [0.29, 0.717) is 0 Å². The Morgan fingerprint density at radius 3 is 1.71 bits per heavy atom. The fraction of sp³-hybridized carbons (Fsp3) is 0.300. The molecular formula is C30H34O3S. The maximum absolute atomic E-state index is 11.9. The van der Waals surface area contributed by atoms with Gasteiger partial charge >= 0.3 is 5.97 Å². The Hall–Kier alpha value is -2.82. The van der Waals surface area contributed by atoms with Crippen molar-refractivity contribution in [2.45, 2.75) is 50.1 Å². The zero-order valence-corrected chi connectivity index (χ0v) is 21.0. The van der Waals surface area contributed by atoms with Crippen LogP contribution in [0.4, 0.5) is 0 Å². The second-order valence-electron chi connectivity index (χ2n) is 9.20. The molecule has 0 radical (unpaired) electrons. The van der Waals surface area contributed by atoms with Gasteiger partial charge in [-0.1, -0.05) is 103 Å². The molecule has 0 aliphatic heterocycles. The predicted molar refractivity (Wildman–Crippen MR) is 142 cm³/mol. The number of benzene rings is 3. The minimum atomic E-state index is -0.845. The molecule has 0 heterocycles. The Kier molecular flexibility index (Phi) is 9.14. The molecule has 1 atom stereocenters. The van der Waals surface area contributed by atoms with E-state index >= 15 is 0 Å². The van der Waals surface area contributed by atoms with Crippen LogP contribution in [0.2, 0.25) is 0 Å². The van der Waals surface area contributed by atoms with E-state index in [0.717, 1.165) is 12.2 Å². The Bertz CT molecular complexity index is 944. The summed E-state index contributed by atoms with van der Waals surface area (Å²) < 4.78 is 4.94. The lowest BCUT2D eigenvalue weighted by atomic mass is 9.84. The zero-order chi connectivity index (χ0) is 24.4. The highest BCUT2D eigenvalue weighted by molar-refractivity contribution is 8.00. The molecule has 0 aliphatic rings. The van der Waals surface area contributed by atoms with Crippen LogP contribution in [0.25, 0.3) is 0 Å². The van der Waals surface area contributed by atoms with Crippen molar-refractivity contribution in [1.29, 1.82) is 0 Å². The molecule has 1 N–H and O–H groups in total. The molecule has 3 aromatic carbocycles. The number of thioether (sulfide) groups is 1. The highest BCUT2D eigenvalue weighted by Gasteiger charge is 2.36. The van der Waals surface area contributed by atoms with E-state index in [1.54, 1.807) is 6.08 Å². The molecule has 3 rings (SSSR count). The second-order valence-corrected chi connectivity index (χ2v) is 10.5. The summed E-state index contributed by atoms with van der Waals surface area (Å²) in [7, 11) is 0. The van der Waals surface area contributed by atoms with Crippen LogP contribution in [0.3, 0.4) is 0 Å². The number of ether oxygens (including phenoxy) is 1. The number of esters is 1. The number of carbonyl (C=O) groups excluding carboxylic acids is 1. The highest BCUT2D eigenvalue weighted by Crippen LogP contribution is 2.48. The maximum Gasteiger partial charge on any atom is 0.309 e. The number of carbonyl (C=O) groups is 1. The van der Waals surface area contributed by atoms with Crippen molar-refractivity contribution in [3.8, 4) is 0 Å². The first-order chi connectivity index (χ1) is 16.3. The summed E-state index contributed by atoms with van der Waals surface area (Å²) in [6.07, 6.45) is 3.53. The third-order valence-electron chi connectivity index (χ3n) is 5.30. The summed E-state index contributed by atoms with van der Waals surface area (Å²) in [4.78, 5) is 11.9. The zero-order valence-electron chi connectivity index (χ0n) is 20.2. The third kappa shape index (κ3) is 7.09. The Labute approximate surface area is 207 Å². The van der Waals surface area contributed by atoms with Crippen LogP contribution in [0.5, 0.6) is 0 Å². The summed E-state index contributed by atoms with van der Waals surface area (Å²) >= 11 is 1.88. The monoisotopic (exact) mass is 474 g/mol. The van der Waals surface area contributed by atoms with E-state index in [9.17, 15) is 9.90 Å². The van der Waals surface area contributed by atoms with Gasteiger partial charge in [-0.2, -0.15) is 0 Å². The fourth-order valence-corrected chi connectivity index (χ4v) is 5.39. The van der Waals surface area contributed by atoms with E-state index in [2.05, 4.69) is 72.8 Å². The van der Waals surface area contributed by atoms with Gasteiger partial charge in [0.1, 0.15) is 5.60 Å². The summed E-state index contributed by atoms with van der Waals surface area (Å²) in [6.45, 7) is 5.47. The van der Waals surface area contributed by atoms with E-state index in [1.807, 2.05) is 56.8 Å². The molecule has 0 fully saturated rings. The van der Waals surface area contributed by atoms with Crippen LogP contribution < -0.4 is 0 Å². The molecule has 0 amide bonds. The number of rotatable bonds is 10. The van der Waals surface area contributed by atoms with Crippen LogP contribution in [-0.4, -0.2) is 28.5 Å². The van der Waals surface area contributed by atoms with Gasteiger partial charge in [0.05, 0.1) is 17.3 Å². The lowest BCUT2D eigenvalue weighted by molar-refractivity contribution is -0.156. The topological polar surface area (TPSA) is 46.5 Å². The molecule has 34 heavy (non-hydrogen) atoms. The van der Waals surface area contributed by atoms with E-state index < -0.39 is 17.7 Å². The first kappa shape index (κ1) is 25.8. The van der Waals surface area contributed by atoms with E-state index in [1.165, 1.54) is 16.7 Å². The van der Waals surface area contributed by atoms with Gasteiger partial charge < -0.3 is 9.84 Å². The molecule has 3 aromatic rings. The van der Waals surface area contributed by atoms with Gasteiger partial charge in [-0.25, -0.2) is 0 Å². The standard InChI is InChI=1S/C30H34O3S/c1-29(2,3)33-28(32)23-27(31)21-13-14-22-34-30(24-15-7-4-8-16-24,25-17-9-5-10-18-25)26-19-11-6-12-20-26/h4-13,15-21,27,31H,14,22-23H2,1-3H3/t27-/m0/s1. The predicted octanol–water partition coefficient (Wildman–Crippen LogP) is 6.75. The van der Waals surface area contributed by atoms with Gasteiger partial charge in [-0.15, -0.1) is 11.8 Å². The number of hydrogen-bond acceptors (Lipinski definition) is 4. The summed E-state index contributed by atoms with van der Waals surface area (Å²) in [5.41, 5.74) is 3.14. The molecular weight excluding hydrogens is 440 g/mol. The first-order valence-corrected chi connectivity index (χ1v) is 12.7. The van der Waals surface area contributed by atoms with Crippen molar-refractivity contribution in [3.05, 3.63) is 120 Å². The summed E-state index contributed by atoms with van der Waals surface area (Å²) in [6, 6.07) is 31.8. The van der Waals surface area contributed by atoms with Crippen LogP contribution in [0.1, 0.15) is 50.3 Å². The Morgan fingerprint density at radius 2 is 1.29 bits per heavy atom. The Morgan fingerprint density at radius 1 is 0.853 bits per heavy atom. The van der Waals surface area contributed by atoms with E-state index in [4.69, 9.17) is 4.74 Å².